The van der Waals surface area contributed by atoms with Crippen LogP contribution in [0.2, 0.25) is 0 Å². The van der Waals surface area contributed by atoms with Gasteiger partial charge in [-0.05, 0) is 46.5 Å². The Hall–Kier alpha value is -3.31. The van der Waals surface area contributed by atoms with Gasteiger partial charge < -0.3 is 4.74 Å². The Morgan fingerprint density at radius 1 is 0.889 bits per heavy atom. The first-order chi connectivity index (χ1) is 13.2. The highest BCUT2D eigenvalue weighted by molar-refractivity contribution is 6.21. The van der Waals surface area contributed by atoms with Gasteiger partial charge in [-0.15, -0.1) is 0 Å². The van der Waals surface area contributed by atoms with Crippen LogP contribution in [-0.2, 0) is 11.3 Å². The first-order valence-electron chi connectivity index (χ1n) is 8.83. The fourth-order valence-electron chi connectivity index (χ4n) is 3.86. The lowest BCUT2D eigenvalue weighted by molar-refractivity contribution is 0.0314. The number of imide groups is 1. The van der Waals surface area contributed by atoms with Gasteiger partial charge in [-0.3, -0.25) is 19.5 Å². The van der Waals surface area contributed by atoms with E-state index in [1.54, 1.807) is 36.7 Å². The molecule has 0 spiro atoms. The van der Waals surface area contributed by atoms with Crippen molar-refractivity contribution in [3.05, 3.63) is 89.2 Å². The number of fused-ring (bicyclic) bond motifs is 2. The number of aromatic nitrogens is 1. The summed E-state index contributed by atoms with van der Waals surface area (Å²) in [6.45, 7) is 0.681. The molecule has 0 radical (unpaired) electrons. The molecule has 132 valence electrons. The predicted octanol–water partition coefficient (Wildman–Crippen LogP) is 3.62. The molecule has 5 rings (SSSR count). The second-order valence-electron chi connectivity index (χ2n) is 6.68. The minimum atomic E-state index is -0.316. The van der Waals surface area contributed by atoms with E-state index in [2.05, 4.69) is 11.1 Å². The smallest absolute Gasteiger partial charge is 0.261 e. The largest absolute Gasteiger partial charge is 0.367 e. The molecule has 0 saturated heterocycles. The minimum Gasteiger partial charge on any atom is -0.367 e. The lowest BCUT2D eigenvalue weighted by Gasteiger charge is -2.19. The zero-order chi connectivity index (χ0) is 18.4. The molecular formula is C22H16N2O3. The molecule has 1 aromatic heterocycles. The molecule has 0 bridgehead atoms. The van der Waals surface area contributed by atoms with Crippen LogP contribution in [0.1, 0.15) is 37.9 Å². The van der Waals surface area contributed by atoms with Crippen molar-refractivity contribution in [1.82, 2.24) is 9.88 Å². The molecule has 1 atom stereocenters. The summed E-state index contributed by atoms with van der Waals surface area (Å²) in [5.74, 6) is -0.504. The number of amides is 2. The van der Waals surface area contributed by atoms with Crippen molar-refractivity contribution in [2.24, 2.45) is 0 Å². The number of rotatable bonds is 3. The maximum Gasteiger partial charge on any atom is 0.261 e. The van der Waals surface area contributed by atoms with Gasteiger partial charge in [0.1, 0.15) is 6.10 Å². The highest BCUT2D eigenvalue weighted by atomic mass is 16.5. The molecule has 0 saturated carbocycles. The summed E-state index contributed by atoms with van der Waals surface area (Å²) >= 11 is 0. The zero-order valence-corrected chi connectivity index (χ0v) is 14.5. The number of ether oxygens (including phenoxy) is 1. The number of hydrogen-bond acceptors (Lipinski definition) is 4. The Kier molecular flexibility index (Phi) is 3.62. The Morgan fingerprint density at radius 2 is 1.56 bits per heavy atom. The molecule has 5 heteroatoms. The molecule has 0 aliphatic carbocycles. The second-order valence-corrected chi connectivity index (χ2v) is 6.68. The quantitative estimate of drug-likeness (QED) is 0.673. The average molecular weight is 356 g/mol. The van der Waals surface area contributed by atoms with Gasteiger partial charge >= 0.3 is 0 Å². The first-order valence-corrected chi connectivity index (χ1v) is 8.83. The molecule has 5 nitrogen and oxygen atoms in total. The van der Waals surface area contributed by atoms with E-state index >= 15 is 0 Å². The lowest BCUT2D eigenvalue weighted by Crippen LogP contribution is -2.33. The Bertz CT molecular complexity index is 1030. The molecule has 2 aliphatic heterocycles. The van der Waals surface area contributed by atoms with Crippen molar-refractivity contribution < 1.29 is 14.3 Å². The molecule has 1 unspecified atom stereocenters. The van der Waals surface area contributed by atoms with Gasteiger partial charge in [0.2, 0.25) is 0 Å². The monoisotopic (exact) mass is 356 g/mol. The van der Waals surface area contributed by atoms with Crippen LogP contribution in [0.4, 0.5) is 0 Å². The molecule has 2 aliphatic rings. The Balaban J connectivity index is 1.46. The third-order valence-corrected chi connectivity index (χ3v) is 5.21. The molecule has 2 aromatic carbocycles. The van der Waals surface area contributed by atoms with Gasteiger partial charge in [0.15, 0.2) is 0 Å². The van der Waals surface area contributed by atoms with Gasteiger partial charge in [0.25, 0.3) is 11.8 Å². The lowest BCUT2D eigenvalue weighted by atomic mass is 9.95. The summed E-state index contributed by atoms with van der Waals surface area (Å²) in [5.41, 5.74) is 5.23. The number of hydrogen-bond donors (Lipinski definition) is 0. The van der Waals surface area contributed by atoms with Crippen LogP contribution in [-0.4, -0.2) is 28.2 Å². The fraction of sp³-hybridized carbons (Fsp3) is 0.136. The molecule has 27 heavy (non-hydrogen) atoms. The van der Waals surface area contributed by atoms with Crippen LogP contribution in [0, 0.1) is 0 Å². The van der Waals surface area contributed by atoms with Crippen molar-refractivity contribution in [1.29, 1.82) is 0 Å². The number of carbonyl (C=O) groups excluding carboxylic acids is 2. The highest BCUT2D eigenvalue weighted by Crippen LogP contribution is 2.38. The molecule has 3 aromatic rings. The topological polar surface area (TPSA) is 59.5 Å². The van der Waals surface area contributed by atoms with Gasteiger partial charge in [-0.1, -0.05) is 30.3 Å². The Morgan fingerprint density at radius 3 is 2.26 bits per heavy atom. The van der Waals surface area contributed by atoms with E-state index in [1.165, 1.54) is 4.90 Å². The average Bonchev–Trinajstić information content (AvgIpc) is 3.24. The van der Waals surface area contributed by atoms with Gasteiger partial charge in [-0.2, -0.15) is 0 Å². The third-order valence-electron chi connectivity index (χ3n) is 5.21. The highest BCUT2D eigenvalue weighted by Gasteiger charge is 2.38. The second kappa shape index (κ2) is 6.14. The summed E-state index contributed by atoms with van der Waals surface area (Å²) in [7, 11) is 0. The maximum atomic E-state index is 12.6. The van der Waals surface area contributed by atoms with E-state index < -0.39 is 0 Å². The van der Waals surface area contributed by atoms with Gasteiger partial charge in [0, 0.05) is 12.4 Å². The van der Waals surface area contributed by atoms with Crippen LogP contribution in [0.3, 0.4) is 0 Å². The van der Waals surface area contributed by atoms with Crippen LogP contribution in [0.15, 0.2) is 67.0 Å². The van der Waals surface area contributed by atoms with Crippen molar-refractivity contribution in [2.45, 2.75) is 12.7 Å². The molecule has 0 N–H and O–H groups in total. The van der Waals surface area contributed by atoms with Gasteiger partial charge in [-0.25, -0.2) is 0 Å². The molecule has 3 heterocycles. The Labute approximate surface area is 156 Å². The summed E-state index contributed by atoms with van der Waals surface area (Å²) in [5, 5.41) is 0. The van der Waals surface area contributed by atoms with Crippen molar-refractivity contribution in [3.63, 3.8) is 0 Å². The predicted molar refractivity (Wildman–Crippen MR) is 99.0 cm³/mol. The number of nitrogens with zero attached hydrogens (tertiary/aromatic N) is 2. The number of pyridine rings is 1. The van der Waals surface area contributed by atoms with E-state index in [1.807, 2.05) is 24.3 Å². The van der Waals surface area contributed by atoms with E-state index in [0.717, 1.165) is 22.3 Å². The standard InChI is InChI=1S/C22H16N2O3/c25-21-17-4-1-2-5-18(17)22(26)24(21)12-20-16-7-3-6-15(19(16)13-27-20)14-8-10-23-11-9-14/h1-11,20H,12-13H2. The van der Waals surface area contributed by atoms with Crippen LogP contribution >= 0.6 is 0 Å². The van der Waals surface area contributed by atoms with Gasteiger partial charge in [0.05, 0.1) is 24.3 Å². The zero-order valence-electron chi connectivity index (χ0n) is 14.5. The van der Waals surface area contributed by atoms with E-state index in [0.29, 0.717) is 17.7 Å². The van der Waals surface area contributed by atoms with Crippen molar-refractivity contribution in [2.75, 3.05) is 6.54 Å². The van der Waals surface area contributed by atoms with Crippen LogP contribution < -0.4 is 0 Å². The van der Waals surface area contributed by atoms with E-state index in [4.69, 9.17) is 4.74 Å². The molecule has 0 fully saturated rings. The summed E-state index contributed by atoms with van der Waals surface area (Å²) in [6, 6.07) is 16.9. The molecular weight excluding hydrogens is 340 g/mol. The van der Waals surface area contributed by atoms with Crippen LogP contribution in [0.5, 0.6) is 0 Å². The molecule has 2 amide bonds. The van der Waals surface area contributed by atoms with Crippen LogP contribution in [0.25, 0.3) is 11.1 Å². The van der Waals surface area contributed by atoms with E-state index in [-0.39, 0.29) is 24.5 Å². The summed E-state index contributed by atoms with van der Waals surface area (Å²) in [4.78, 5) is 30.6. The normalized spacial score (nSPS) is 17.9. The third kappa shape index (κ3) is 2.47. The fourth-order valence-corrected chi connectivity index (χ4v) is 3.86. The maximum absolute atomic E-state index is 12.6. The van der Waals surface area contributed by atoms with Crippen molar-refractivity contribution in [3.8, 4) is 11.1 Å². The van der Waals surface area contributed by atoms with Crippen molar-refractivity contribution >= 4 is 11.8 Å². The minimum absolute atomic E-state index is 0.221. The number of benzene rings is 2. The van der Waals surface area contributed by atoms with E-state index in [9.17, 15) is 9.59 Å². The SMILES string of the molecule is O=C1c2ccccc2C(=O)N1CC1OCc2c(-c3ccncc3)cccc21. The first kappa shape index (κ1) is 15.9. The summed E-state index contributed by atoms with van der Waals surface area (Å²) < 4.78 is 5.98. The summed E-state index contributed by atoms with van der Waals surface area (Å²) in [6.07, 6.45) is 3.21. The number of carbonyl (C=O) groups is 2.